The molecule has 0 radical (unpaired) electrons. The number of fused-ring (bicyclic) bond motifs is 1. The number of aryl methyl sites for hydroxylation is 1. The molecule has 4 nitrogen and oxygen atoms in total. The fraction of sp³-hybridized carbons (Fsp3) is 0.385. The number of aliphatic hydroxyl groups excluding tert-OH is 1. The van der Waals surface area contributed by atoms with E-state index in [1.165, 1.54) is 6.92 Å². The first-order chi connectivity index (χ1) is 8.29. The molecule has 5 heteroatoms. The zero-order valence-corrected chi connectivity index (χ0v) is 11.4. The van der Waals surface area contributed by atoms with Crippen LogP contribution in [-0.2, 0) is 9.84 Å². The number of furan rings is 1. The molecule has 1 aromatic carbocycles. The summed E-state index contributed by atoms with van der Waals surface area (Å²) in [7, 11) is -3.31. The molecule has 0 aliphatic heterocycles. The topological polar surface area (TPSA) is 67.5 Å². The third kappa shape index (κ3) is 2.42. The molecule has 1 aromatic heterocycles. The van der Waals surface area contributed by atoms with Gasteiger partial charge < -0.3 is 9.52 Å². The fourth-order valence-corrected chi connectivity index (χ4v) is 2.40. The van der Waals surface area contributed by atoms with E-state index >= 15 is 0 Å². The maximum Gasteiger partial charge on any atom is 0.153 e. The van der Waals surface area contributed by atoms with E-state index in [-0.39, 0.29) is 5.76 Å². The molecule has 2 aromatic rings. The standard InChI is InChI=1S/C13H16O4S/c1-8-4-5-11-10(6-8)7-12(17-11)13(14)9(2)18(3,15)16/h4-7,9,13-14H,1-3H3. The average molecular weight is 268 g/mol. The molecule has 1 N–H and O–H groups in total. The Bertz CT molecular complexity index is 669. The molecule has 98 valence electrons. The van der Waals surface area contributed by atoms with Crippen LogP contribution in [0.5, 0.6) is 0 Å². The highest BCUT2D eigenvalue weighted by atomic mass is 32.2. The van der Waals surface area contributed by atoms with Gasteiger partial charge in [0.2, 0.25) is 0 Å². The summed E-state index contributed by atoms with van der Waals surface area (Å²) in [5.74, 6) is 0.286. The van der Waals surface area contributed by atoms with Crippen molar-refractivity contribution in [1.82, 2.24) is 0 Å². The molecule has 0 aliphatic rings. The number of hydrogen-bond donors (Lipinski definition) is 1. The molecule has 2 atom stereocenters. The van der Waals surface area contributed by atoms with Crippen LogP contribution >= 0.6 is 0 Å². The van der Waals surface area contributed by atoms with Crippen LogP contribution in [0.15, 0.2) is 28.7 Å². The Morgan fingerprint density at radius 2 is 1.94 bits per heavy atom. The first kappa shape index (κ1) is 13.1. The van der Waals surface area contributed by atoms with Crippen molar-refractivity contribution < 1.29 is 17.9 Å². The molecular weight excluding hydrogens is 252 g/mol. The van der Waals surface area contributed by atoms with Gasteiger partial charge in [-0.15, -0.1) is 0 Å². The summed E-state index contributed by atoms with van der Waals surface area (Å²) in [6, 6.07) is 7.34. The van der Waals surface area contributed by atoms with Gasteiger partial charge in [0.1, 0.15) is 17.4 Å². The molecule has 0 bridgehead atoms. The molecule has 0 spiro atoms. The molecule has 0 aliphatic carbocycles. The van der Waals surface area contributed by atoms with Crippen LogP contribution in [0.4, 0.5) is 0 Å². The zero-order valence-electron chi connectivity index (χ0n) is 10.5. The van der Waals surface area contributed by atoms with Gasteiger partial charge in [-0.1, -0.05) is 11.6 Å². The summed E-state index contributed by atoms with van der Waals surface area (Å²) in [5.41, 5.74) is 1.73. The lowest BCUT2D eigenvalue weighted by atomic mass is 10.1. The highest BCUT2D eigenvalue weighted by Crippen LogP contribution is 2.28. The Morgan fingerprint density at radius 3 is 2.56 bits per heavy atom. The van der Waals surface area contributed by atoms with Crippen LogP contribution in [0.2, 0.25) is 0 Å². The lowest BCUT2D eigenvalue weighted by Gasteiger charge is -2.14. The van der Waals surface area contributed by atoms with E-state index in [1.807, 2.05) is 25.1 Å². The van der Waals surface area contributed by atoms with Crippen LogP contribution in [0.1, 0.15) is 24.4 Å². The molecule has 0 saturated heterocycles. The lowest BCUT2D eigenvalue weighted by Crippen LogP contribution is -2.23. The van der Waals surface area contributed by atoms with E-state index in [0.29, 0.717) is 5.58 Å². The lowest BCUT2D eigenvalue weighted by molar-refractivity contribution is 0.151. The fourth-order valence-electron chi connectivity index (χ4n) is 1.79. The smallest absolute Gasteiger partial charge is 0.153 e. The van der Waals surface area contributed by atoms with Crippen LogP contribution in [0.25, 0.3) is 11.0 Å². The van der Waals surface area contributed by atoms with Gasteiger partial charge in [0.05, 0.1) is 5.25 Å². The van der Waals surface area contributed by atoms with Gasteiger partial charge in [-0.3, -0.25) is 0 Å². The van der Waals surface area contributed by atoms with Gasteiger partial charge in [0.25, 0.3) is 0 Å². The number of sulfone groups is 1. The molecule has 0 saturated carbocycles. The number of benzene rings is 1. The second-order valence-electron chi connectivity index (χ2n) is 4.67. The molecule has 18 heavy (non-hydrogen) atoms. The Hall–Kier alpha value is -1.33. The van der Waals surface area contributed by atoms with Crippen LogP contribution in [-0.4, -0.2) is 25.0 Å². The zero-order chi connectivity index (χ0) is 13.5. The van der Waals surface area contributed by atoms with Crippen molar-refractivity contribution in [2.45, 2.75) is 25.2 Å². The highest BCUT2D eigenvalue weighted by molar-refractivity contribution is 7.91. The minimum atomic E-state index is -3.31. The minimum absolute atomic E-state index is 0.286. The minimum Gasteiger partial charge on any atom is -0.458 e. The molecular formula is C13H16O4S. The predicted octanol–water partition coefficient (Wildman–Crippen LogP) is 2.21. The summed E-state index contributed by atoms with van der Waals surface area (Å²) in [6.45, 7) is 3.43. The first-order valence-corrected chi connectivity index (χ1v) is 7.61. The first-order valence-electron chi connectivity index (χ1n) is 5.66. The van der Waals surface area contributed by atoms with Gasteiger partial charge in [0, 0.05) is 11.6 Å². The van der Waals surface area contributed by atoms with Crippen molar-refractivity contribution in [3.63, 3.8) is 0 Å². The quantitative estimate of drug-likeness (QED) is 0.926. The second-order valence-corrected chi connectivity index (χ2v) is 7.07. The SMILES string of the molecule is Cc1ccc2oc(C(O)C(C)S(C)(=O)=O)cc2c1. The van der Waals surface area contributed by atoms with Crippen molar-refractivity contribution >= 4 is 20.8 Å². The van der Waals surface area contributed by atoms with Crippen LogP contribution < -0.4 is 0 Å². The number of rotatable bonds is 3. The monoisotopic (exact) mass is 268 g/mol. The van der Waals surface area contributed by atoms with E-state index in [0.717, 1.165) is 17.2 Å². The van der Waals surface area contributed by atoms with Crippen molar-refractivity contribution in [2.24, 2.45) is 0 Å². The van der Waals surface area contributed by atoms with Gasteiger partial charge >= 0.3 is 0 Å². The van der Waals surface area contributed by atoms with Crippen molar-refractivity contribution in [2.75, 3.05) is 6.26 Å². The maximum atomic E-state index is 11.4. The van der Waals surface area contributed by atoms with Crippen molar-refractivity contribution in [3.8, 4) is 0 Å². The summed E-state index contributed by atoms with van der Waals surface area (Å²) in [5, 5.41) is 10.00. The van der Waals surface area contributed by atoms with E-state index < -0.39 is 21.2 Å². The molecule has 2 rings (SSSR count). The third-order valence-corrected chi connectivity index (χ3v) is 4.71. The molecule has 0 fully saturated rings. The Kier molecular flexibility index (Phi) is 3.21. The Labute approximate surface area is 106 Å². The second kappa shape index (κ2) is 4.40. The molecule has 0 amide bonds. The Balaban J connectivity index is 2.42. The van der Waals surface area contributed by atoms with Crippen LogP contribution in [0, 0.1) is 6.92 Å². The summed E-state index contributed by atoms with van der Waals surface area (Å²) in [4.78, 5) is 0. The van der Waals surface area contributed by atoms with Gasteiger partial charge in [-0.05, 0) is 32.0 Å². The van der Waals surface area contributed by atoms with Crippen LogP contribution in [0.3, 0.4) is 0 Å². The number of aliphatic hydroxyl groups is 1. The summed E-state index contributed by atoms with van der Waals surface area (Å²) < 4.78 is 28.3. The van der Waals surface area contributed by atoms with Gasteiger partial charge in [-0.2, -0.15) is 0 Å². The van der Waals surface area contributed by atoms with Gasteiger partial charge in [0.15, 0.2) is 9.84 Å². The van der Waals surface area contributed by atoms with Crippen molar-refractivity contribution in [1.29, 1.82) is 0 Å². The van der Waals surface area contributed by atoms with E-state index in [1.54, 1.807) is 6.07 Å². The van der Waals surface area contributed by atoms with E-state index in [2.05, 4.69) is 0 Å². The number of hydrogen-bond acceptors (Lipinski definition) is 4. The average Bonchev–Trinajstić information content (AvgIpc) is 2.68. The molecule has 2 unspecified atom stereocenters. The Morgan fingerprint density at radius 1 is 1.28 bits per heavy atom. The highest BCUT2D eigenvalue weighted by Gasteiger charge is 2.28. The van der Waals surface area contributed by atoms with E-state index in [9.17, 15) is 13.5 Å². The largest absolute Gasteiger partial charge is 0.458 e. The summed E-state index contributed by atoms with van der Waals surface area (Å²) >= 11 is 0. The summed E-state index contributed by atoms with van der Waals surface area (Å²) in [6.07, 6.45) is -0.0408. The molecule has 1 heterocycles. The normalized spacial score (nSPS) is 15.8. The van der Waals surface area contributed by atoms with E-state index in [4.69, 9.17) is 4.42 Å². The maximum absolute atomic E-state index is 11.4. The van der Waals surface area contributed by atoms with Crippen molar-refractivity contribution in [3.05, 3.63) is 35.6 Å². The predicted molar refractivity (Wildman–Crippen MR) is 70.2 cm³/mol. The third-order valence-electron chi connectivity index (χ3n) is 3.10. The van der Waals surface area contributed by atoms with Gasteiger partial charge in [-0.25, -0.2) is 8.42 Å².